The van der Waals surface area contributed by atoms with Gasteiger partial charge in [-0.25, -0.2) is 14.4 Å². The number of dihydropyridines is 1. The van der Waals surface area contributed by atoms with Crippen LogP contribution in [0.4, 0.5) is 4.39 Å². The average Bonchev–Trinajstić information content (AvgIpc) is 3.24. The van der Waals surface area contributed by atoms with E-state index in [1.807, 2.05) is 13.8 Å². The molecule has 7 nitrogen and oxygen atoms in total. The lowest BCUT2D eigenvalue weighted by Gasteiger charge is -2.45. The van der Waals surface area contributed by atoms with E-state index in [0.29, 0.717) is 37.1 Å². The second-order valence-electron chi connectivity index (χ2n) is 9.87. The molecule has 2 aromatic rings. The van der Waals surface area contributed by atoms with Gasteiger partial charge >= 0.3 is 6.02 Å². The molecule has 7 rings (SSSR count). The van der Waals surface area contributed by atoms with Crippen LogP contribution in [0.3, 0.4) is 0 Å². The van der Waals surface area contributed by atoms with E-state index in [2.05, 4.69) is 48.7 Å². The number of rotatable bonds is 4. The maximum absolute atomic E-state index is 14.1. The highest BCUT2D eigenvalue weighted by atomic mass is 19.1. The lowest BCUT2D eigenvalue weighted by atomic mass is 9.75. The molecule has 0 N–H and O–H groups in total. The fraction of sp³-hybridized carbons (Fsp3) is 0.481. The molecule has 0 saturated carbocycles. The van der Waals surface area contributed by atoms with Crippen LogP contribution < -0.4 is 11.0 Å². The molecule has 0 aliphatic carbocycles. The van der Waals surface area contributed by atoms with Gasteiger partial charge in [-0.05, 0) is 68.8 Å². The van der Waals surface area contributed by atoms with Gasteiger partial charge in [0.1, 0.15) is 17.0 Å². The van der Waals surface area contributed by atoms with Crippen LogP contribution in [0, 0.1) is 5.92 Å². The number of amidine groups is 1. The van der Waals surface area contributed by atoms with Crippen LogP contribution >= 0.6 is 0 Å². The van der Waals surface area contributed by atoms with Crippen LogP contribution in [0.5, 0.6) is 0 Å². The molecule has 2 atom stereocenters. The van der Waals surface area contributed by atoms with E-state index in [9.17, 15) is 4.39 Å². The number of hydrogen-bond donors (Lipinski definition) is 0. The van der Waals surface area contributed by atoms with Gasteiger partial charge in [-0.15, -0.1) is 0 Å². The van der Waals surface area contributed by atoms with Crippen molar-refractivity contribution < 1.29 is 9.13 Å². The van der Waals surface area contributed by atoms with Crippen LogP contribution in [0.15, 0.2) is 51.1 Å². The van der Waals surface area contributed by atoms with Crippen LogP contribution in [0.1, 0.15) is 55.5 Å². The number of allylic oxidation sites excluding steroid dienone is 1. The first kappa shape index (κ1) is 22.3. The molecule has 0 radical (unpaired) electrons. The number of aromatic nitrogens is 2. The van der Waals surface area contributed by atoms with Crippen molar-refractivity contribution >= 4 is 17.8 Å². The van der Waals surface area contributed by atoms with Crippen LogP contribution in [0.25, 0.3) is 5.57 Å². The first-order chi connectivity index (χ1) is 17.1. The summed E-state index contributed by atoms with van der Waals surface area (Å²) in [6.45, 7) is 9.04. The van der Waals surface area contributed by atoms with Crippen molar-refractivity contribution in [2.24, 2.45) is 20.9 Å². The number of benzene rings is 1. The summed E-state index contributed by atoms with van der Waals surface area (Å²) in [7, 11) is 0. The molecule has 3 fully saturated rings. The summed E-state index contributed by atoms with van der Waals surface area (Å²) in [5.41, 5.74) is 5.52. The summed E-state index contributed by atoms with van der Waals surface area (Å²) >= 11 is 0. The van der Waals surface area contributed by atoms with E-state index in [4.69, 9.17) is 9.72 Å². The largest absolute Gasteiger partial charge is 0.464 e. The van der Waals surface area contributed by atoms with Crippen molar-refractivity contribution in [3.63, 3.8) is 0 Å². The minimum absolute atomic E-state index is 0.190. The third kappa shape index (κ3) is 4.24. The van der Waals surface area contributed by atoms with Gasteiger partial charge in [0.15, 0.2) is 5.49 Å². The van der Waals surface area contributed by atoms with Crippen molar-refractivity contribution in [2.75, 3.05) is 32.8 Å². The molecular weight excluding hydrogens is 443 g/mol. The third-order valence-corrected chi connectivity index (χ3v) is 7.62. The minimum atomic E-state index is -0.364. The van der Waals surface area contributed by atoms with Gasteiger partial charge in [0.2, 0.25) is 0 Å². The van der Waals surface area contributed by atoms with Crippen LogP contribution in [-0.2, 0) is 11.3 Å². The van der Waals surface area contributed by atoms with Crippen molar-refractivity contribution in [3.05, 3.63) is 64.0 Å². The predicted octanol–water partition coefficient (Wildman–Crippen LogP) is 2.92. The van der Waals surface area contributed by atoms with E-state index in [0.717, 1.165) is 28.2 Å². The van der Waals surface area contributed by atoms with Crippen molar-refractivity contribution in [3.8, 4) is 0 Å². The maximum atomic E-state index is 14.1. The standard InChI is InChI=1S/C27H31FN6O/c1-3-35-27-30-17(2)24-26(32-27)34(25(31-24)21-12-22(28)14-29-13-21)15-18-4-6-19(7-5-18)23-16-33-10-8-20(23)9-11-33/h4-7,12,14,17,20,23H,3,8-11,13,15-16H2,1-2H3/t17?,23-/m0/s1. The third-order valence-electron chi connectivity index (χ3n) is 7.62. The lowest BCUT2D eigenvalue weighted by Crippen LogP contribution is -2.46. The average molecular weight is 475 g/mol. The smallest absolute Gasteiger partial charge is 0.314 e. The monoisotopic (exact) mass is 474 g/mol. The normalized spacial score (nSPS) is 28.8. The number of fused-ring (bicyclic) bond motifs is 4. The Kier molecular flexibility index (Phi) is 5.84. The molecule has 35 heavy (non-hydrogen) atoms. The molecule has 0 amide bonds. The summed E-state index contributed by atoms with van der Waals surface area (Å²) in [6.07, 6.45) is 5.40. The SMILES string of the molecule is CCOC1=NC(C)c2nc(=C3C=C(F)C=NC3)n(Cc3ccc([C@@H]4CN5CCC4CC5)cc3)c2=N1. The Hall–Kier alpha value is -3.13. The molecule has 8 heteroatoms. The maximum Gasteiger partial charge on any atom is 0.314 e. The second-order valence-corrected chi connectivity index (χ2v) is 9.87. The van der Waals surface area contributed by atoms with E-state index < -0.39 is 0 Å². The molecule has 3 saturated heterocycles. The molecule has 2 bridgehead atoms. The Balaban J connectivity index is 1.38. The molecule has 6 heterocycles. The van der Waals surface area contributed by atoms with Gasteiger partial charge in [0, 0.05) is 12.1 Å². The summed E-state index contributed by atoms with van der Waals surface area (Å²) in [4.78, 5) is 20.9. The molecule has 182 valence electrons. The highest BCUT2D eigenvalue weighted by Gasteiger charge is 2.34. The van der Waals surface area contributed by atoms with Crippen molar-refractivity contribution in [2.45, 2.75) is 45.2 Å². The predicted molar refractivity (Wildman–Crippen MR) is 134 cm³/mol. The molecule has 1 aromatic heterocycles. The first-order valence-electron chi connectivity index (χ1n) is 12.7. The van der Waals surface area contributed by atoms with Gasteiger partial charge in [-0.3, -0.25) is 4.99 Å². The zero-order valence-corrected chi connectivity index (χ0v) is 20.3. The molecule has 0 spiro atoms. The number of hydrogen-bond acceptors (Lipinski definition) is 6. The highest BCUT2D eigenvalue weighted by molar-refractivity contribution is 5.83. The fourth-order valence-electron chi connectivity index (χ4n) is 5.81. The molecular formula is C27H31FN6O. The Morgan fingerprint density at radius 3 is 2.63 bits per heavy atom. The lowest BCUT2D eigenvalue weighted by molar-refractivity contribution is 0.0871. The summed E-state index contributed by atoms with van der Waals surface area (Å²) in [6, 6.07) is 9.18. The Morgan fingerprint density at radius 1 is 1.14 bits per heavy atom. The molecule has 5 aliphatic rings. The van der Waals surface area contributed by atoms with Gasteiger partial charge in [0.05, 0.1) is 32.0 Å². The molecule has 1 aromatic carbocycles. The molecule has 1 unspecified atom stereocenters. The second kappa shape index (κ2) is 9.15. The van der Waals surface area contributed by atoms with E-state index in [1.54, 1.807) is 0 Å². The van der Waals surface area contributed by atoms with Gasteiger partial charge < -0.3 is 14.2 Å². The van der Waals surface area contributed by atoms with Gasteiger partial charge in [0.25, 0.3) is 0 Å². The number of imidazole rings is 1. The van der Waals surface area contributed by atoms with Crippen molar-refractivity contribution in [1.29, 1.82) is 0 Å². The Labute approximate surface area is 204 Å². The number of aliphatic imine (C=N–C) groups is 2. The van der Waals surface area contributed by atoms with Gasteiger partial charge in [-0.1, -0.05) is 24.3 Å². The Morgan fingerprint density at radius 2 is 1.94 bits per heavy atom. The summed E-state index contributed by atoms with van der Waals surface area (Å²) in [5.74, 6) is 1.07. The number of piperidine rings is 3. The van der Waals surface area contributed by atoms with E-state index in [-0.39, 0.29) is 11.9 Å². The zero-order valence-electron chi connectivity index (χ0n) is 20.3. The van der Waals surface area contributed by atoms with Gasteiger partial charge in [-0.2, -0.15) is 4.99 Å². The fourth-order valence-corrected chi connectivity index (χ4v) is 5.81. The topological polar surface area (TPSA) is 67.4 Å². The summed E-state index contributed by atoms with van der Waals surface area (Å²) in [5, 5.41) is 0. The highest BCUT2D eigenvalue weighted by Crippen LogP contribution is 2.38. The summed E-state index contributed by atoms with van der Waals surface area (Å²) < 4.78 is 21.8. The van der Waals surface area contributed by atoms with Crippen LogP contribution in [-0.4, -0.2) is 59.5 Å². The first-order valence-corrected chi connectivity index (χ1v) is 12.7. The zero-order chi connectivity index (χ0) is 23.9. The van der Waals surface area contributed by atoms with Crippen molar-refractivity contribution in [1.82, 2.24) is 14.5 Å². The Bertz CT molecular complexity index is 1330. The quantitative estimate of drug-likeness (QED) is 0.684. The number of halogens is 1. The van der Waals surface area contributed by atoms with Crippen LogP contribution in [0.2, 0.25) is 0 Å². The number of nitrogens with zero attached hydrogens (tertiary/aromatic N) is 6. The van der Waals surface area contributed by atoms with E-state index in [1.165, 1.54) is 50.3 Å². The van der Waals surface area contributed by atoms with E-state index >= 15 is 0 Å². The number of ether oxygens (including phenoxy) is 1. The minimum Gasteiger partial charge on any atom is -0.464 e. The molecule has 5 aliphatic heterocycles.